The average molecular weight is 308 g/mol. The van der Waals surface area contributed by atoms with E-state index in [1.165, 1.54) is 12.1 Å². The highest BCUT2D eigenvalue weighted by Gasteiger charge is 2.09. The zero-order valence-corrected chi connectivity index (χ0v) is 13.2. The summed E-state index contributed by atoms with van der Waals surface area (Å²) < 4.78 is 18.5. The van der Waals surface area contributed by atoms with Crippen molar-refractivity contribution >= 4 is 11.6 Å². The zero-order valence-electron chi connectivity index (χ0n) is 12.4. The molecule has 2 aromatic carbocycles. The molecule has 0 heterocycles. The van der Waals surface area contributed by atoms with Gasteiger partial charge in [0.2, 0.25) is 0 Å². The van der Waals surface area contributed by atoms with Crippen LogP contribution >= 0.6 is 11.6 Å². The van der Waals surface area contributed by atoms with Gasteiger partial charge in [-0.1, -0.05) is 31.5 Å². The first-order chi connectivity index (χ1) is 10.0. The summed E-state index contributed by atoms with van der Waals surface area (Å²) in [5.41, 5.74) is 2.80. The predicted octanol–water partition coefficient (Wildman–Crippen LogP) is 4.65. The predicted molar refractivity (Wildman–Crippen MR) is 85.4 cm³/mol. The maximum absolute atomic E-state index is 13.2. The Morgan fingerprint density at radius 3 is 2.57 bits per heavy atom. The molecule has 0 saturated carbocycles. The molecule has 0 bridgehead atoms. The Hall–Kier alpha value is -1.58. The lowest BCUT2D eigenvalue weighted by Crippen LogP contribution is -2.22. The van der Waals surface area contributed by atoms with Gasteiger partial charge in [-0.15, -0.1) is 0 Å². The lowest BCUT2D eigenvalue weighted by molar-refractivity contribution is 0.406. The van der Waals surface area contributed by atoms with Gasteiger partial charge in [-0.3, -0.25) is 0 Å². The third kappa shape index (κ3) is 3.96. The minimum atomic E-state index is -0.334. The van der Waals surface area contributed by atoms with Crippen molar-refractivity contribution in [2.24, 2.45) is 0 Å². The van der Waals surface area contributed by atoms with E-state index in [0.29, 0.717) is 17.6 Å². The molecule has 0 aliphatic carbocycles. The Labute approximate surface area is 129 Å². The molecule has 0 aliphatic rings. The summed E-state index contributed by atoms with van der Waals surface area (Å²) in [6.07, 6.45) is 0. The van der Waals surface area contributed by atoms with Crippen LogP contribution in [0.2, 0.25) is 5.02 Å². The van der Waals surface area contributed by atoms with Gasteiger partial charge in [0, 0.05) is 23.7 Å². The van der Waals surface area contributed by atoms with Gasteiger partial charge in [0.05, 0.1) is 12.1 Å². The molecule has 2 nitrogen and oxygen atoms in total. The molecular formula is C17H19ClFNO. The van der Waals surface area contributed by atoms with Crippen LogP contribution in [-0.2, 0) is 6.54 Å². The van der Waals surface area contributed by atoms with Crippen LogP contribution < -0.4 is 10.1 Å². The van der Waals surface area contributed by atoms with Gasteiger partial charge in [-0.2, -0.15) is 0 Å². The fourth-order valence-electron chi connectivity index (χ4n) is 2.12. The van der Waals surface area contributed by atoms with Crippen molar-refractivity contribution in [1.29, 1.82) is 0 Å². The summed E-state index contributed by atoms with van der Waals surface area (Å²) >= 11 is 6.13. The molecule has 0 unspecified atom stereocenters. The van der Waals surface area contributed by atoms with Crippen molar-refractivity contribution in [1.82, 2.24) is 5.32 Å². The van der Waals surface area contributed by atoms with Gasteiger partial charge in [-0.25, -0.2) is 4.39 Å². The molecule has 2 aromatic rings. The molecular weight excluding hydrogens is 289 g/mol. The summed E-state index contributed by atoms with van der Waals surface area (Å²) in [6, 6.07) is 10.7. The van der Waals surface area contributed by atoms with Crippen molar-refractivity contribution in [2.45, 2.75) is 26.4 Å². The Morgan fingerprint density at radius 1 is 1.19 bits per heavy atom. The van der Waals surface area contributed by atoms with Crippen LogP contribution in [0.5, 0.6) is 5.75 Å². The van der Waals surface area contributed by atoms with E-state index in [1.807, 2.05) is 18.2 Å². The third-order valence-corrected chi connectivity index (χ3v) is 3.54. The molecule has 0 fully saturated rings. The summed E-state index contributed by atoms with van der Waals surface area (Å²) in [6.45, 7) is 4.88. The topological polar surface area (TPSA) is 21.3 Å². The van der Waals surface area contributed by atoms with E-state index in [1.54, 1.807) is 13.2 Å². The molecule has 0 aliphatic heterocycles. The molecule has 2 rings (SSSR count). The van der Waals surface area contributed by atoms with Crippen LogP contribution in [0.15, 0.2) is 36.4 Å². The molecule has 1 N–H and O–H groups in total. The van der Waals surface area contributed by atoms with E-state index < -0.39 is 0 Å². The molecule has 0 radical (unpaired) electrons. The van der Waals surface area contributed by atoms with Crippen LogP contribution in [-0.4, -0.2) is 13.2 Å². The monoisotopic (exact) mass is 307 g/mol. The van der Waals surface area contributed by atoms with Crippen LogP contribution in [0.25, 0.3) is 11.1 Å². The molecule has 0 amide bonds. The molecule has 0 atom stereocenters. The lowest BCUT2D eigenvalue weighted by atomic mass is 10.0. The summed E-state index contributed by atoms with van der Waals surface area (Å²) in [7, 11) is 1.65. The average Bonchev–Trinajstić information content (AvgIpc) is 2.45. The lowest BCUT2D eigenvalue weighted by Gasteiger charge is -2.14. The van der Waals surface area contributed by atoms with Crippen molar-refractivity contribution in [3.8, 4) is 16.9 Å². The highest BCUT2D eigenvalue weighted by atomic mass is 35.5. The van der Waals surface area contributed by atoms with Crippen LogP contribution in [0, 0.1) is 5.82 Å². The van der Waals surface area contributed by atoms with Crippen LogP contribution in [0.1, 0.15) is 19.4 Å². The van der Waals surface area contributed by atoms with Gasteiger partial charge in [0.15, 0.2) is 0 Å². The fraction of sp³-hybridized carbons (Fsp3) is 0.294. The normalized spacial score (nSPS) is 11.0. The van der Waals surface area contributed by atoms with Crippen molar-refractivity contribution in [2.75, 3.05) is 7.11 Å². The highest BCUT2D eigenvalue weighted by molar-refractivity contribution is 6.33. The molecule has 4 heteroatoms. The Kier molecular flexibility index (Phi) is 5.21. The van der Waals surface area contributed by atoms with Crippen LogP contribution in [0.3, 0.4) is 0 Å². The van der Waals surface area contributed by atoms with Gasteiger partial charge in [-0.05, 0) is 35.9 Å². The molecule has 112 valence electrons. The van der Waals surface area contributed by atoms with Crippen molar-refractivity contribution in [3.63, 3.8) is 0 Å². The second-order valence-corrected chi connectivity index (χ2v) is 5.59. The Morgan fingerprint density at radius 2 is 1.95 bits per heavy atom. The largest absolute Gasteiger partial charge is 0.496 e. The standard InChI is InChI=1S/C17H19ClFNO/c1-11(2)20-10-13-8-12(4-7-17(13)21-3)15-6-5-14(19)9-16(15)18/h4-9,11,20H,10H2,1-3H3. The number of nitrogens with one attached hydrogen (secondary N) is 1. The SMILES string of the molecule is COc1ccc(-c2ccc(F)cc2Cl)cc1CNC(C)C. The fourth-order valence-corrected chi connectivity index (χ4v) is 2.40. The maximum atomic E-state index is 13.2. The number of benzene rings is 2. The molecule has 0 saturated heterocycles. The summed E-state index contributed by atoms with van der Waals surface area (Å²) in [5.74, 6) is 0.490. The van der Waals surface area contributed by atoms with E-state index in [9.17, 15) is 4.39 Å². The maximum Gasteiger partial charge on any atom is 0.124 e. The minimum Gasteiger partial charge on any atom is -0.496 e. The van der Waals surface area contributed by atoms with E-state index in [4.69, 9.17) is 16.3 Å². The number of hydrogen-bond donors (Lipinski definition) is 1. The second kappa shape index (κ2) is 6.92. The smallest absolute Gasteiger partial charge is 0.124 e. The molecule has 21 heavy (non-hydrogen) atoms. The van der Waals surface area contributed by atoms with E-state index >= 15 is 0 Å². The van der Waals surface area contributed by atoms with E-state index in [2.05, 4.69) is 19.2 Å². The number of rotatable bonds is 5. The van der Waals surface area contributed by atoms with Gasteiger partial charge in [0.1, 0.15) is 11.6 Å². The van der Waals surface area contributed by atoms with Gasteiger partial charge < -0.3 is 10.1 Å². The first-order valence-electron chi connectivity index (χ1n) is 6.87. The first-order valence-corrected chi connectivity index (χ1v) is 7.24. The first kappa shape index (κ1) is 15.8. The molecule has 0 aromatic heterocycles. The van der Waals surface area contributed by atoms with E-state index in [0.717, 1.165) is 22.4 Å². The van der Waals surface area contributed by atoms with Crippen molar-refractivity contribution in [3.05, 3.63) is 52.8 Å². The Balaban J connectivity index is 2.38. The number of ether oxygens (including phenoxy) is 1. The second-order valence-electron chi connectivity index (χ2n) is 5.19. The van der Waals surface area contributed by atoms with Gasteiger partial charge >= 0.3 is 0 Å². The number of methoxy groups -OCH3 is 1. The number of halogens is 2. The Bertz CT molecular complexity index is 628. The van der Waals surface area contributed by atoms with Crippen LogP contribution in [0.4, 0.5) is 4.39 Å². The molecule has 0 spiro atoms. The highest BCUT2D eigenvalue weighted by Crippen LogP contribution is 2.31. The third-order valence-electron chi connectivity index (χ3n) is 3.22. The zero-order chi connectivity index (χ0) is 15.4. The van der Waals surface area contributed by atoms with E-state index in [-0.39, 0.29) is 5.82 Å². The quantitative estimate of drug-likeness (QED) is 0.868. The minimum absolute atomic E-state index is 0.334. The number of hydrogen-bond acceptors (Lipinski definition) is 2. The van der Waals surface area contributed by atoms with Gasteiger partial charge in [0.25, 0.3) is 0 Å². The summed E-state index contributed by atoms with van der Waals surface area (Å²) in [5, 5.41) is 3.77. The van der Waals surface area contributed by atoms with Crippen molar-refractivity contribution < 1.29 is 9.13 Å². The summed E-state index contributed by atoms with van der Waals surface area (Å²) in [4.78, 5) is 0.